The first-order chi connectivity index (χ1) is 8.84. The number of oxime groups is 1. The zero-order valence-corrected chi connectivity index (χ0v) is 12.9. The van der Waals surface area contributed by atoms with Crippen LogP contribution in [0, 0.1) is 0 Å². The molecule has 1 unspecified atom stereocenters. The van der Waals surface area contributed by atoms with E-state index in [0.29, 0.717) is 17.0 Å². The number of nitrogens with zero attached hydrogens (tertiary/aromatic N) is 1. The molecular formula is C12H15BrClN3O2. The molecule has 4 N–H and O–H groups in total. The third-order valence-electron chi connectivity index (χ3n) is 2.94. The van der Waals surface area contributed by atoms with Crippen molar-refractivity contribution in [3.63, 3.8) is 0 Å². The number of carbonyl (C=O) groups excluding carboxylic acids is 1. The molecule has 1 rings (SSSR count). The highest BCUT2D eigenvalue weighted by atomic mass is 79.9. The van der Waals surface area contributed by atoms with Gasteiger partial charge in [0.2, 0.25) is 0 Å². The second-order valence-corrected chi connectivity index (χ2v) is 5.57. The van der Waals surface area contributed by atoms with Crippen molar-refractivity contribution >= 4 is 39.3 Å². The Balaban J connectivity index is 3.05. The van der Waals surface area contributed by atoms with E-state index >= 15 is 0 Å². The Hall–Kier alpha value is -1.27. The molecule has 104 valence electrons. The fourth-order valence-corrected chi connectivity index (χ4v) is 2.00. The topological polar surface area (TPSA) is 87.7 Å². The number of rotatable bonds is 4. The van der Waals surface area contributed by atoms with Crippen LogP contribution in [0.25, 0.3) is 0 Å². The summed E-state index contributed by atoms with van der Waals surface area (Å²) in [7, 11) is 0. The molecule has 0 aliphatic carbocycles. The normalized spacial score (nSPS) is 14.8. The predicted octanol–water partition coefficient (Wildman–Crippen LogP) is 2.75. The second-order valence-electron chi connectivity index (χ2n) is 4.25. The molecule has 19 heavy (non-hydrogen) atoms. The molecule has 1 amide bonds. The van der Waals surface area contributed by atoms with Gasteiger partial charge in [0.25, 0.3) is 5.91 Å². The first kappa shape index (κ1) is 15.8. The van der Waals surface area contributed by atoms with E-state index in [2.05, 4.69) is 26.4 Å². The van der Waals surface area contributed by atoms with Crippen molar-refractivity contribution in [3.8, 4) is 0 Å². The predicted molar refractivity (Wildman–Crippen MR) is 78.7 cm³/mol. The number of benzene rings is 1. The van der Waals surface area contributed by atoms with E-state index < -0.39 is 5.54 Å². The smallest absolute Gasteiger partial charge is 0.253 e. The van der Waals surface area contributed by atoms with Crippen LogP contribution in [0.4, 0.5) is 0 Å². The molecule has 1 aromatic rings. The van der Waals surface area contributed by atoms with Gasteiger partial charge in [0.05, 0.1) is 16.1 Å². The van der Waals surface area contributed by atoms with Gasteiger partial charge < -0.3 is 16.3 Å². The van der Waals surface area contributed by atoms with Gasteiger partial charge in [-0.3, -0.25) is 4.79 Å². The van der Waals surface area contributed by atoms with E-state index in [1.165, 1.54) is 0 Å². The van der Waals surface area contributed by atoms with Crippen molar-refractivity contribution in [2.75, 3.05) is 0 Å². The molecule has 0 aliphatic rings. The number of hydrogen-bond donors (Lipinski definition) is 3. The highest BCUT2D eigenvalue weighted by Gasteiger charge is 2.30. The monoisotopic (exact) mass is 347 g/mol. The molecule has 0 aromatic heterocycles. The lowest BCUT2D eigenvalue weighted by molar-refractivity contribution is 0.0925. The maximum atomic E-state index is 12.2. The van der Waals surface area contributed by atoms with Crippen LogP contribution in [0.15, 0.2) is 27.8 Å². The molecule has 0 radical (unpaired) electrons. The Morgan fingerprint density at radius 3 is 2.79 bits per heavy atom. The molecule has 1 aromatic carbocycles. The van der Waals surface area contributed by atoms with E-state index in [4.69, 9.17) is 22.5 Å². The Labute approximate surface area is 124 Å². The number of carbonyl (C=O) groups is 1. The molecule has 0 spiro atoms. The minimum Gasteiger partial charge on any atom is -0.409 e. The van der Waals surface area contributed by atoms with Gasteiger partial charge in [0.1, 0.15) is 0 Å². The van der Waals surface area contributed by atoms with Crippen LogP contribution in [-0.4, -0.2) is 22.5 Å². The zero-order valence-electron chi connectivity index (χ0n) is 10.6. The quantitative estimate of drug-likeness (QED) is 0.338. The average molecular weight is 349 g/mol. The van der Waals surface area contributed by atoms with Crippen LogP contribution in [0.2, 0.25) is 5.02 Å². The average Bonchev–Trinajstić information content (AvgIpc) is 2.40. The van der Waals surface area contributed by atoms with Gasteiger partial charge in [-0.25, -0.2) is 0 Å². The summed E-state index contributed by atoms with van der Waals surface area (Å²) >= 11 is 9.26. The molecule has 5 nitrogen and oxygen atoms in total. The largest absolute Gasteiger partial charge is 0.409 e. The van der Waals surface area contributed by atoms with Gasteiger partial charge in [-0.1, -0.05) is 39.6 Å². The lowest BCUT2D eigenvalue weighted by atomic mass is 9.97. The fourth-order valence-electron chi connectivity index (χ4n) is 1.43. The molecule has 0 heterocycles. The Kier molecular flexibility index (Phi) is 5.20. The first-order valence-electron chi connectivity index (χ1n) is 5.59. The molecular weight excluding hydrogens is 334 g/mol. The van der Waals surface area contributed by atoms with Crippen molar-refractivity contribution in [1.29, 1.82) is 0 Å². The summed E-state index contributed by atoms with van der Waals surface area (Å²) in [5.41, 5.74) is 4.99. The van der Waals surface area contributed by atoms with Crippen molar-refractivity contribution in [2.24, 2.45) is 10.9 Å². The summed E-state index contributed by atoms with van der Waals surface area (Å²) in [4.78, 5) is 12.2. The molecule has 7 heteroatoms. The number of nitrogens with two attached hydrogens (primary N) is 1. The van der Waals surface area contributed by atoms with Crippen molar-refractivity contribution in [3.05, 3.63) is 33.3 Å². The summed E-state index contributed by atoms with van der Waals surface area (Å²) in [5, 5.41) is 14.8. The van der Waals surface area contributed by atoms with E-state index in [9.17, 15) is 4.79 Å². The van der Waals surface area contributed by atoms with Crippen LogP contribution in [-0.2, 0) is 0 Å². The van der Waals surface area contributed by atoms with Crippen molar-refractivity contribution in [1.82, 2.24) is 5.32 Å². The zero-order chi connectivity index (χ0) is 14.6. The highest BCUT2D eigenvalue weighted by Crippen LogP contribution is 2.22. The summed E-state index contributed by atoms with van der Waals surface area (Å²) in [6.07, 6.45) is 0.472. The maximum absolute atomic E-state index is 12.2. The lowest BCUT2D eigenvalue weighted by Gasteiger charge is -2.28. The van der Waals surface area contributed by atoms with E-state index in [1.807, 2.05) is 6.92 Å². The van der Waals surface area contributed by atoms with Gasteiger partial charge in [-0.2, -0.15) is 0 Å². The van der Waals surface area contributed by atoms with Gasteiger partial charge >= 0.3 is 0 Å². The first-order valence-corrected chi connectivity index (χ1v) is 6.76. The molecule has 0 saturated carbocycles. The van der Waals surface area contributed by atoms with Gasteiger partial charge in [-0.05, 0) is 31.5 Å². The Bertz CT molecular complexity index is 522. The summed E-state index contributed by atoms with van der Waals surface area (Å²) in [5.74, 6) is -0.447. The summed E-state index contributed by atoms with van der Waals surface area (Å²) in [6.45, 7) is 3.49. The van der Waals surface area contributed by atoms with Crippen molar-refractivity contribution in [2.45, 2.75) is 25.8 Å². The van der Waals surface area contributed by atoms with E-state index in [0.717, 1.165) is 4.47 Å². The minimum absolute atomic E-state index is 0.0607. The number of amides is 1. The fraction of sp³-hybridized carbons (Fsp3) is 0.333. The molecule has 0 bridgehead atoms. The van der Waals surface area contributed by atoms with E-state index in [1.54, 1.807) is 25.1 Å². The van der Waals surface area contributed by atoms with Crippen LogP contribution in [0.5, 0.6) is 0 Å². The summed E-state index contributed by atoms with van der Waals surface area (Å²) < 4.78 is 0.740. The molecule has 0 fully saturated rings. The second kappa shape index (κ2) is 6.25. The van der Waals surface area contributed by atoms with Gasteiger partial charge in [0.15, 0.2) is 5.84 Å². The van der Waals surface area contributed by atoms with Crippen LogP contribution in [0.3, 0.4) is 0 Å². The van der Waals surface area contributed by atoms with E-state index in [-0.39, 0.29) is 11.7 Å². The Morgan fingerprint density at radius 1 is 1.63 bits per heavy atom. The highest BCUT2D eigenvalue weighted by molar-refractivity contribution is 9.10. The van der Waals surface area contributed by atoms with Crippen LogP contribution < -0.4 is 11.1 Å². The molecule has 0 saturated heterocycles. The van der Waals surface area contributed by atoms with Crippen molar-refractivity contribution < 1.29 is 10.0 Å². The third kappa shape index (κ3) is 3.61. The molecule has 0 aliphatic heterocycles. The van der Waals surface area contributed by atoms with Gasteiger partial charge in [-0.15, -0.1) is 0 Å². The lowest BCUT2D eigenvalue weighted by Crippen LogP contribution is -2.55. The van der Waals surface area contributed by atoms with Crippen LogP contribution in [0.1, 0.15) is 30.6 Å². The standard InChI is InChI=1S/C12H15BrClN3O2/c1-3-12(2,11(15)17-19)16-10(18)8-6-7(13)4-5-9(8)14/h4-6,19H,3H2,1-2H3,(H2,15,17)(H,16,18). The number of nitrogens with one attached hydrogen (secondary N) is 1. The number of amidine groups is 1. The Morgan fingerprint density at radius 2 is 2.26 bits per heavy atom. The van der Waals surface area contributed by atoms with Crippen LogP contribution >= 0.6 is 27.5 Å². The summed E-state index contributed by atoms with van der Waals surface area (Å²) in [6, 6.07) is 4.97. The van der Waals surface area contributed by atoms with Gasteiger partial charge in [0, 0.05) is 4.47 Å². The number of halogens is 2. The third-order valence-corrected chi connectivity index (χ3v) is 3.77. The SMILES string of the molecule is CCC(C)(NC(=O)c1cc(Br)ccc1Cl)/C(N)=N/O. The maximum Gasteiger partial charge on any atom is 0.253 e. The number of hydrogen-bond acceptors (Lipinski definition) is 3. The molecule has 1 atom stereocenters. The minimum atomic E-state index is -0.933.